The lowest BCUT2D eigenvalue weighted by molar-refractivity contribution is 0.0950. The van der Waals surface area contributed by atoms with E-state index in [0.29, 0.717) is 12.1 Å². The molecule has 0 bridgehead atoms. The Labute approximate surface area is 98.1 Å². The number of aryl methyl sites for hydroxylation is 1. The maximum absolute atomic E-state index is 12.7. The molecule has 2 aromatic rings. The van der Waals surface area contributed by atoms with Crippen molar-refractivity contribution in [3.05, 3.63) is 53.6 Å². The van der Waals surface area contributed by atoms with Gasteiger partial charge < -0.3 is 5.32 Å². The first kappa shape index (κ1) is 11.3. The largest absolute Gasteiger partial charge is 0.346 e. The highest BCUT2D eigenvalue weighted by Crippen LogP contribution is 2.03. The van der Waals surface area contributed by atoms with E-state index in [1.165, 1.54) is 24.3 Å². The Morgan fingerprint density at radius 2 is 2.06 bits per heavy atom. The lowest BCUT2D eigenvalue weighted by Crippen LogP contribution is -2.23. The number of benzene rings is 1. The highest BCUT2D eigenvalue weighted by Gasteiger charge is 2.06. The summed E-state index contributed by atoms with van der Waals surface area (Å²) in [6.07, 6.45) is 1.67. The quantitative estimate of drug-likeness (QED) is 0.873. The zero-order chi connectivity index (χ0) is 12.3. The van der Waals surface area contributed by atoms with Gasteiger partial charge in [0, 0.05) is 18.8 Å². The maximum Gasteiger partial charge on any atom is 0.251 e. The zero-order valence-electron chi connectivity index (χ0n) is 9.35. The van der Waals surface area contributed by atoms with Gasteiger partial charge in [0.1, 0.15) is 5.82 Å². The van der Waals surface area contributed by atoms with Crippen molar-refractivity contribution in [1.29, 1.82) is 0 Å². The van der Waals surface area contributed by atoms with E-state index >= 15 is 0 Å². The molecule has 88 valence electrons. The molecule has 0 aliphatic heterocycles. The number of carbonyl (C=O) groups excluding carboxylic acids is 1. The fourth-order valence-electron chi connectivity index (χ4n) is 1.45. The van der Waals surface area contributed by atoms with Crippen molar-refractivity contribution in [3.8, 4) is 0 Å². The summed E-state index contributed by atoms with van der Waals surface area (Å²) < 4.78 is 14.4. The molecule has 0 unspecified atom stereocenters. The lowest BCUT2D eigenvalue weighted by atomic mass is 10.2. The Balaban J connectivity index is 1.98. The molecular formula is C12H12FN3O. The molecule has 1 heterocycles. The van der Waals surface area contributed by atoms with E-state index in [1.54, 1.807) is 17.9 Å². The van der Waals surface area contributed by atoms with Crippen LogP contribution in [0.1, 0.15) is 16.1 Å². The average molecular weight is 233 g/mol. The van der Waals surface area contributed by atoms with Gasteiger partial charge in [-0.3, -0.25) is 9.48 Å². The first-order valence-corrected chi connectivity index (χ1v) is 5.17. The Morgan fingerprint density at radius 3 is 2.65 bits per heavy atom. The van der Waals surface area contributed by atoms with Crippen LogP contribution in [0.3, 0.4) is 0 Å². The standard InChI is InChI=1S/C12H12FN3O/c1-16-11(6-7-15-16)8-14-12(17)9-2-4-10(13)5-3-9/h2-7H,8H2,1H3,(H,14,17). The normalized spacial score (nSPS) is 10.2. The minimum absolute atomic E-state index is 0.230. The molecule has 0 saturated heterocycles. The minimum atomic E-state index is -0.354. The van der Waals surface area contributed by atoms with Gasteiger partial charge in [0.05, 0.1) is 12.2 Å². The highest BCUT2D eigenvalue weighted by atomic mass is 19.1. The molecule has 1 aromatic carbocycles. The number of hydrogen-bond acceptors (Lipinski definition) is 2. The molecule has 0 aliphatic carbocycles. The average Bonchev–Trinajstić information content (AvgIpc) is 2.73. The molecule has 17 heavy (non-hydrogen) atoms. The number of nitrogens with zero attached hydrogens (tertiary/aromatic N) is 2. The summed E-state index contributed by atoms with van der Waals surface area (Å²) in [6, 6.07) is 7.25. The van der Waals surface area contributed by atoms with Gasteiger partial charge in [-0.15, -0.1) is 0 Å². The predicted molar refractivity (Wildman–Crippen MR) is 60.8 cm³/mol. The van der Waals surface area contributed by atoms with Crippen LogP contribution < -0.4 is 5.32 Å². The van der Waals surface area contributed by atoms with Crippen LogP contribution in [0.15, 0.2) is 36.5 Å². The Morgan fingerprint density at radius 1 is 1.35 bits per heavy atom. The molecule has 1 amide bonds. The fourth-order valence-corrected chi connectivity index (χ4v) is 1.45. The van der Waals surface area contributed by atoms with Gasteiger partial charge in [0.2, 0.25) is 0 Å². The zero-order valence-corrected chi connectivity index (χ0v) is 9.35. The van der Waals surface area contributed by atoms with Crippen molar-refractivity contribution in [1.82, 2.24) is 15.1 Å². The third kappa shape index (κ3) is 2.69. The molecule has 5 heteroatoms. The molecule has 0 saturated carbocycles. The van der Waals surface area contributed by atoms with E-state index in [2.05, 4.69) is 10.4 Å². The first-order chi connectivity index (χ1) is 8.16. The van der Waals surface area contributed by atoms with Crippen molar-refractivity contribution in [2.75, 3.05) is 0 Å². The van der Waals surface area contributed by atoms with Crippen LogP contribution in [0.5, 0.6) is 0 Å². The topological polar surface area (TPSA) is 46.9 Å². The van der Waals surface area contributed by atoms with Crippen LogP contribution in [-0.2, 0) is 13.6 Å². The monoisotopic (exact) mass is 233 g/mol. The SMILES string of the molecule is Cn1nccc1CNC(=O)c1ccc(F)cc1. The smallest absolute Gasteiger partial charge is 0.251 e. The Bertz CT molecular complexity index is 519. The second-order valence-electron chi connectivity index (χ2n) is 3.64. The second kappa shape index (κ2) is 4.78. The van der Waals surface area contributed by atoms with E-state index in [4.69, 9.17) is 0 Å². The number of aromatic nitrogens is 2. The third-order valence-electron chi connectivity index (χ3n) is 2.46. The summed E-state index contributed by atoms with van der Waals surface area (Å²) in [6.45, 7) is 0.396. The van der Waals surface area contributed by atoms with Crippen LogP contribution in [0, 0.1) is 5.82 Å². The minimum Gasteiger partial charge on any atom is -0.346 e. The van der Waals surface area contributed by atoms with Gasteiger partial charge in [-0.2, -0.15) is 5.10 Å². The van der Waals surface area contributed by atoms with Gasteiger partial charge >= 0.3 is 0 Å². The van der Waals surface area contributed by atoms with Gasteiger partial charge in [0.25, 0.3) is 5.91 Å². The van der Waals surface area contributed by atoms with E-state index in [0.717, 1.165) is 5.69 Å². The maximum atomic E-state index is 12.7. The molecule has 0 aliphatic rings. The molecule has 1 aromatic heterocycles. The molecule has 1 N–H and O–H groups in total. The summed E-state index contributed by atoms with van der Waals surface area (Å²) in [5.41, 5.74) is 1.34. The molecule has 4 nitrogen and oxygen atoms in total. The third-order valence-corrected chi connectivity index (χ3v) is 2.46. The van der Waals surface area contributed by atoms with Crippen molar-refractivity contribution in [3.63, 3.8) is 0 Å². The first-order valence-electron chi connectivity index (χ1n) is 5.17. The summed E-state index contributed by atoms with van der Waals surface area (Å²) >= 11 is 0. The van der Waals surface area contributed by atoms with Crippen LogP contribution in [-0.4, -0.2) is 15.7 Å². The van der Waals surface area contributed by atoms with E-state index in [-0.39, 0.29) is 11.7 Å². The van der Waals surface area contributed by atoms with Crippen LogP contribution in [0.2, 0.25) is 0 Å². The second-order valence-corrected chi connectivity index (χ2v) is 3.64. The van der Waals surface area contributed by atoms with Crippen molar-refractivity contribution < 1.29 is 9.18 Å². The van der Waals surface area contributed by atoms with Crippen LogP contribution in [0.4, 0.5) is 4.39 Å². The molecular weight excluding hydrogens is 221 g/mol. The number of hydrogen-bond donors (Lipinski definition) is 1. The highest BCUT2D eigenvalue weighted by molar-refractivity contribution is 5.94. The summed E-state index contributed by atoms with van der Waals surface area (Å²) in [7, 11) is 1.80. The summed E-state index contributed by atoms with van der Waals surface area (Å²) in [4.78, 5) is 11.7. The Kier molecular flexibility index (Phi) is 3.18. The van der Waals surface area contributed by atoms with E-state index < -0.39 is 0 Å². The van der Waals surface area contributed by atoms with Crippen molar-refractivity contribution >= 4 is 5.91 Å². The van der Waals surface area contributed by atoms with Gasteiger partial charge in [-0.25, -0.2) is 4.39 Å². The number of rotatable bonds is 3. The summed E-state index contributed by atoms with van der Waals surface area (Å²) in [5.74, 6) is -0.584. The molecule has 0 fully saturated rings. The number of nitrogens with one attached hydrogen (secondary N) is 1. The predicted octanol–water partition coefficient (Wildman–Crippen LogP) is 1.49. The van der Waals surface area contributed by atoms with Gasteiger partial charge in [-0.05, 0) is 30.3 Å². The lowest BCUT2D eigenvalue weighted by Gasteiger charge is -2.05. The Hall–Kier alpha value is -2.17. The van der Waals surface area contributed by atoms with Crippen LogP contribution >= 0.6 is 0 Å². The molecule has 0 atom stereocenters. The number of carbonyl (C=O) groups is 1. The van der Waals surface area contributed by atoms with E-state index in [1.807, 2.05) is 6.07 Å². The van der Waals surface area contributed by atoms with Gasteiger partial charge in [0.15, 0.2) is 0 Å². The molecule has 0 spiro atoms. The number of amides is 1. The fraction of sp³-hybridized carbons (Fsp3) is 0.167. The van der Waals surface area contributed by atoms with Crippen LogP contribution in [0.25, 0.3) is 0 Å². The molecule has 2 rings (SSSR count). The van der Waals surface area contributed by atoms with Crippen molar-refractivity contribution in [2.24, 2.45) is 7.05 Å². The number of halogens is 1. The summed E-state index contributed by atoms with van der Waals surface area (Å²) in [5, 5.41) is 6.73. The molecule has 0 radical (unpaired) electrons. The van der Waals surface area contributed by atoms with Gasteiger partial charge in [-0.1, -0.05) is 0 Å². The van der Waals surface area contributed by atoms with Crippen molar-refractivity contribution in [2.45, 2.75) is 6.54 Å². The van der Waals surface area contributed by atoms with E-state index in [9.17, 15) is 9.18 Å².